The van der Waals surface area contributed by atoms with Gasteiger partial charge in [0.05, 0.1) is 6.10 Å². The van der Waals surface area contributed by atoms with Crippen LogP contribution in [0.25, 0.3) is 0 Å². The summed E-state index contributed by atoms with van der Waals surface area (Å²) in [5.74, 6) is 1.16. The molecule has 3 aliphatic heterocycles. The van der Waals surface area contributed by atoms with Gasteiger partial charge in [0.25, 0.3) is 5.56 Å². The van der Waals surface area contributed by atoms with Crippen LogP contribution in [0.3, 0.4) is 0 Å². The molecule has 1 N–H and O–H groups in total. The van der Waals surface area contributed by atoms with Gasteiger partial charge in [0, 0.05) is 55.9 Å². The molecule has 5 rings (SSSR count). The topological polar surface area (TPSA) is 48.7 Å². The molecule has 4 heterocycles. The van der Waals surface area contributed by atoms with Gasteiger partial charge in [-0.3, -0.25) is 14.6 Å². The van der Waals surface area contributed by atoms with Crippen LogP contribution in [0.2, 0.25) is 0 Å². The van der Waals surface area contributed by atoms with Crippen molar-refractivity contribution in [2.24, 2.45) is 5.92 Å². The lowest BCUT2D eigenvalue weighted by Crippen LogP contribution is -2.52. The van der Waals surface area contributed by atoms with Crippen LogP contribution in [-0.2, 0) is 13.1 Å². The van der Waals surface area contributed by atoms with Gasteiger partial charge in [-0.05, 0) is 50.6 Å². The molecule has 1 aromatic rings. The van der Waals surface area contributed by atoms with Gasteiger partial charge in [-0.2, -0.15) is 0 Å². The first kappa shape index (κ1) is 17.0. The highest BCUT2D eigenvalue weighted by molar-refractivity contribution is 5.22. The number of aliphatic hydroxyl groups excluding tert-OH is 1. The van der Waals surface area contributed by atoms with Crippen molar-refractivity contribution in [2.45, 2.75) is 69.7 Å². The van der Waals surface area contributed by atoms with Crippen molar-refractivity contribution in [3.63, 3.8) is 0 Å². The molecule has 5 nitrogen and oxygen atoms in total. The van der Waals surface area contributed by atoms with E-state index in [0.29, 0.717) is 24.9 Å². The second-order valence-corrected chi connectivity index (χ2v) is 9.07. The third-order valence-electron chi connectivity index (χ3n) is 7.18. The Morgan fingerprint density at radius 3 is 2.69 bits per heavy atom. The number of piperidine rings is 2. The summed E-state index contributed by atoms with van der Waals surface area (Å²) >= 11 is 0. The molecule has 2 bridgehead atoms. The molecule has 0 unspecified atom stereocenters. The molecule has 0 radical (unpaired) electrons. The van der Waals surface area contributed by atoms with E-state index in [0.717, 1.165) is 44.1 Å². The van der Waals surface area contributed by atoms with Crippen molar-refractivity contribution in [3.05, 3.63) is 33.7 Å². The normalized spacial score (nSPS) is 32.9. The van der Waals surface area contributed by atoms with Crippen LogP contribution >= 0.6 is 0 Å². The number of nitrogens with zero attached hydrogens (tertiary/aromatic N) is 3. The lowest BCUT2D eigenvalue weighted by molar-refractivity contribution is 0.0472. The second-order valence-electron chi connectivity index (χ2n) is 9.07. The van der Waals surface area contributed by atoms with E-state index < -0.39 is 0 Å². The molecule has 0 spiro atoms. The Morgan fingerprint density at radius 2 is 1.92 bits per heavy atom. The van der Waals surface area contributed by atoms with E-state index in [1.54, 1.807) is 0 Å². The van der Waals surface area contributed by atoms with Gasteiger partial charge in [-0.1, -0.05) is 12.5 Å². The summed E-state index contributed by atoms with van der Waals surface area (Å²) in [7, 11) is 0. The summed E-state index contributed by atoms with van der Waals surface area (Å²) in [6, 6.07) is 5.10. The number of fused-ring (bicyclic) bond motifs is 4. The number of pyridine rings is 1. The Kier molecular flexibility index (Phi) is 4.42. The van der Waals surface area contributed by atoms with Gasteiger partial charge in [0.2, 0.25) is 0 Å². The predicted octanol–water partition coefficient (Wildman–Crippen LogP) is 1.78. The van der Waals surface area contributed by atoms with E-state index in [-0.39, 0.29) is 11.7 Å². The summed E-state index contributed by atoms with van der Waals surface area (Å²) in [5, 5.41) is 9.89. The lowest BCUT2D eigenvalue weighted by Gasteiger charge is -2.48. The third kappa shape index (κ3) is 3.04. The quantitative estimate of drug-likeness (QED) is 0.896. The molecule has 0 amide bonds. The van der Waals surface area contributed by atoms with Crippen molar-refractivity contribution in [2.75, 3.05) is 26.2 Å². The van der Waals surface area contributed by atoms with E-state index in [1.165, 1.54) is 37.9 Å². The van der Waals surface area contributed by atoms with Crippen molar-refractivity contribution in [3.8, 4) is 0 Å². The minimum atomic E-state index is -0.235. The largest absolute Gasteiger partial charge is 0.392 e. The van der Waals surface area contributed by atoms with Crippen molar-refractivity contribution in [1.29, 1.82) is 0 Å². The van der Waals surface area contributed by atoms with Crippen LogP contribution in [0.15, 0.2) is 16.9 Å². The van der Waals surface area contributed by atoms with Crippen molar-refractivity contribution < 1.29 is 5.11 Å². The van der Waals surface area contributed by atoms with E-state index in [4.69, 9.17) is 0 Å². The fraction of sp³-hybridized carbons (Fsp3) is 0.762. The monoisotopic (exact) mass is 357 g/mol. The maximum atomic E-state index is 13.1. The number of aromatic nitrogens is 1. The smallest absolute Gasteiger partial charge is 0.255 e. The molecule has 0 aromatic carbocycles. The van der Waals surface area contributed by atoms with Crippen molar-refractivity contribution in [1.82, 2.24) is 14.4 Å². The molecule has 26 heavy (non-hydrogen) atoms. The summed E-state index contributed by atoms with van der Waals surface area (Å²) in [6.07, 6.45) is 7.05. The highest BCUT2D eigenvalue weighted by Gasteiger charge is 2.38. The molecule has 1 saturated carbocycles. The Bertz CT molecular complexity index is 726. The van der Waals surface area contributed by atoms with E-state index >= 15 is 0 Å². The highest BCUT2D eigenvalue weighted by Crippen LogP contribution is 2.38. The fourth-order valence-corrected chi connectivity index (χ4v) is 5.61. The summed E-state index contributed by atoms with van der Waals surface area (Å²) in [5.41, 5.74) is 2.38. The van der Waals surface area contributed by atoms with Gasteiger partial charge >= 0.3 is 0 Å². The zero-order valence-corrected chi connectivity index (χ0v) is 15.6. The first-order valence-corrected chi connectivity index (χ1v) is 10.5. The molecule has 142 valence electrons. The number of hydrogen-bond acceptors (Lipinski definition) is 4. The maximum absolute atomic E-state index is 13.1. The van der Waals surface area contributed by atoms with Gasteiger partial charge in [0.1, 0.15) is 0 Å². The van der Waals surface area contributed by atoms with Crippen LogP contribution in [0.1, 0.15) is 55.7 Å². The van der Waals surface area contributed by atoms with Crippen LogP contribution in [0.4, 0.5) is 0 Å². The van der Waals surface area contributed by atoms with Gasteiger partial charge in [-0.15, -0.1) is 0 Å². The Hall–Kier alpha value is -1.17. The first-order valence-electron chi connectivity index (χ1n) is 10.5. The maximum Gasteiger partial charge on any atom is 0.255 e. The number of hydrogen-bond donors (Lipinski definition) is 1. The molecule has 5 heteroatoms. The molecule has 3 fully saturated rings. The van der Waals surface area contributed by atoms with Gasteiger partial charge < -0.3 is 9.67 Å². The number of aliphatic hydroxyl groups is 1. The average molecular weight is 357 g/mol. The average Bonchev–Trinajstić information content (AvgIpc) is 2.56. The zero-order chi connectivity index (χ0) is 17.7. The molecule has 2 saturated heterocycles. The van der Waals surface area contributed by atoms with Crippen LogP contribution in [0, 0.1) is 5.92 Å². The predicted molar refractivity (Wildman–Crippen MR) is 101 cm³/mol. The zero-order valence-electron chi connectivity index (χ0n) is 15.6. The Balaban J connectivity index is 1.37. The van der Waals surface area contributed by atoms with Crippen LogP contribution < -0.4 is 5.56 Å². The van der Waals surface area contributed by atoms with E-state index in [9.17, 15) is 9.90 Å². The van der Waals surface area contributed by atoms with E-state index in [1.807, 2.05) is 0 Å². The minimum Gasteiger partial charge on any atom is -0.392 e. The number of rotatable bonds is 3. The molecular formula is C21H31N3O2. The van der Waals surface area contributed by atoms with Crippen molar-refractivity contribution >= 4 is 0 Å². The Morgan fingerprint density at radius 1 is 1.04 bits per heavy atom. The third-order valence-corrected chi connectivity index (χ3v) is 7.18. The summed E-state index contributed by atoms with van der Waals surface area (Å²) in [4.78, 5) is 18.1. The molecular weight excluding hydrogens is 326 g/mol. The SMILES string of the molecule is O=c1c(CN2CCC[C@H](O)C2)ccc2n1C[C@H]1C[C@@H]2CN(C2CCC2)C1. The lowest BCUT2D eigenvalue weighted by atomic mass is 9.80. The molecule has 1 aliphatic carbocycles. The minimum absolute atomic E-state index is 0.217. The highest BCUT2D eigenvalue weighted by atomic mass is 16.3. The number of likely N-dealkylation sites (tertiary alicyclic amines) is 2. The van der Waals surface area contributed by atoms with Crippen LogP contribution in [0.5, 0.6) is 0 Å². The van der Waals surface area contributed by atoms with Gasteiger partial charge in [0.15, 0.2) is 0 Å². The fourth-order valence-electron chi connectivity index (χ4n) is 5.61. The standard InChI is InChI=1S/C21H31N3O2/c25-19-5-2-8-22(14-19)12-16-6-7-20-17-9-15(11-24(20)21(16)26)10-23(13-17)18-3-1-4-18/h6-7,15,17-19,25H,1-5,8-14H2/t15-,17+,19-/m0/s1. The Labute approximate surface area is 155 Å². The first-order chi connectivity index (χ1) is 12.7. The summed E-state index contributed by atoms with van der Waals surface area (Å²) in [6.45, 7) is 5.57. The molecule has 1 aromatic heterocycles. The molecule has 4 aliphatic rings. The van der Waals surface area contributed by atoms with Crippen LogP contribution in [-0.4, -0.2) is 57.8 Å². The summed E-state index contributed by atoms with van der Waals surface area (Å²) < 4.78 is 2.09. The van der Waals surface area contributed by atoms with Gasteiger partial charge in [-0.25, -0.2) is 0 Å². The van der Waals surface area contributed by atoms with E-state index in [2.05, 4.69) is 26.5 Å². The second kappa shape index (κ2) is 6.77. The molecule has 3 atom stereocenters. The number of β-amino-alcohol motifs (C(OH)–C–C–N with tert-alkyl or cyclic N) is 1.